The van der Waals surface area contributed by atoms with Gasteiger partial charge in [0.25, 0.3) is 0 Å². The van der Waals surface area contributed by atoms with Crippen molar-refractivity contribution < 1.29 is 9.53 Å². The number of nitrogens with zero attached hydrogens (tertiary/aromatic N) is 6. The summed E-state index contributed by atoms with van der Waals surface area (Å²) in [7, 11) is 0. The monoisotopic (exact) mass is 371 g/mol. The lowest BCUT2D eigenvalue weighted by Gasteiger charge is -2.25. The van der Waals surface area contributed by atoms with E-state index in [4.69, 9.17) is 4.74 Å². The van der Waals surface area contributed by atoms with Crippen LogP contribution in [-0.4, -0.2) is 68.2 Å². The molecule has 0 unspecified atom stereocenters. The fraction of sp³-hybridized carbons (Fsp3) is 0.722. The third-order valence-corrected chi connectivity index (χ3v) is 6.46. The summed E-state index contributed by atoms with van der Waals surface area (Å²) in [5.41, 5.74) is 1.01. The molecule has 0 aromatic carbocycles. The highest BCUT2D eigenvalue weighted by Gasteiger charge is 2.44. The first-order chi connectivity index (χ1) is 13.2. The minimum atomic E-state index is -0.0214. The van der Waals surface area contributed by atoms with Gasteiger partial charge in [-0.3, -0.25) is 4.79 Å². The number of likely N-dealkylation sites (tertiary alicyclic amines) is 1. The largest absolute Gasteiger partial charge is 0.376 e. The van der Waals surface area contributed by atoms with Gasteiger partial charge in [0.05, 0.1) is 24.8 Å². The maximum absolute atomic E-state index is 12.9. The van der Waals surface area contributed by atoms with Crippen molar-refractivity contribution in [3.8, 4) is 0 Å². The number of tetrazole rings is 1. The van der Waals surface area contributed by atoms with Gasteiger partial charge >= 0.3 is 0 Å². The molecule has 5 rings (SSSR count). The lowest BCUT2D eigenvalue weighted by atomic mass is 9.86. The molecule has 2 aromatic heterocycles. The molecular weight excluding hydrogens is 346 g/mol. The summed E-state index contributed by atoms with van der Waals surface area (Å²) in [6.07, 6.45) is 10.5. The maximum Gasteiger partial charge on any atom is 0.228 e. The number of hydrogen-bond acceptors (Lipinski definition) is 7. The quantitative estimate of drug-likeness (QED) is 0.860. The molecule has 2 aromatic rings. The summed E-state index contributed by atoms with van der Waals surface area (Å²) in [5, 5.41) is 14.7. The highest BCUT2D eigenvalue weighted by molar-refractivity contribution is 5.79. The van der Waals surface area contributed by atoms with Crippen molar-refractivity contribution in [2.24, 2.45) is 11.3 Å². The smallest absolute Gasteiger partial charge is 0.228 e. The number of carbonyl (C=O) groups excluding carboxylic acids is 1. The Balaban J connectivity index is 1.16. The SMILES string of the molecule is O=C([C@@H]1CO[C@H](CNc2nccn3nnnc23)C1)N1CCC2(CCCC2)C1. The van der Waals surface area contributed by atoms with Crippen LogP contribution >= 0.6 is 0 Å². The Morgan fingerprint density at radius 1 is 1.33 bits per heavy atom. The van der Waals surface area contributed by atoms with Crippen molar-refractivity contribution in [2.45, 2.75) is 44.6 Å². The van der Waals surface area contributed by atoms with Gasteiger partial charge in [-0.25, -0.2) is 4.98 Å². The van der Waals surface area contributed by atoms with Crippen molar-refractivity contribution in [3.05, 3.63) is 12.4 Å². The number of carbonyl (C=O) groups is 1. The average Bonchev–Trinajstić information content (AvgIpc) is 3.48. The molecule has 1 N–H and O–H groups in total. The summed E-state index contributed by atoms with van der Waals surface area (Å²) in [6, 6.07) is 0. The summed E-state index contributed by atoms with van der Waals surface area (Å²) >= 11 is 0. The topological polar surface area (TPSA) is 97.5 Å². The van der Waals surface area contributed by atoms with Crippen LogP contribution < -0.4 is 5.32 Å². The van der Waals surface area contributed by atoms with Crippen molar-refractivity contribution >= 4 is 17.4 Å². The molecular formula is C18H25N7O2. The zero-order valence-corrected chi connectivity index (χ0v) is 15.4. The first-order valence-corrected chi connectivity index (χ1v) is 9.89. The molecule has 2 atom stereocenters. The molecule has 9 nitrogen and oxygen atoms in total. The van der Waals surface area contributed by atoms with Crippen molar-refractivity contribution in [2.75, 3.05) is 31.6 Å². The molecule has 1 aliphatic carbocycles. The third-order valence-electron chi connectivity index (χ3n) is 6.46. The van der Waals surface area contributed by atoms with Crippen LogP contribution in [0.5, 0.6) is 0 Å². The van der Waals surface area contributed by atoms with E-state index in [1.165, 1.54) is 32.1 Å². The fourth-order valence-corrected chi connectivity index (χ4v) is 4.95. The number of hydrogen-bond donors (Lipinski definition) is 1. The second-order valence-corrected chi connectivity index (χ2v) is 8.21. The Hall–Kier alpha value is -2.29. The first-order valence-electron chi connectivity index (χ1n) is 9.89. The van der Waals surface area contributed by atoms with Gasteiger partial charge in [0.1, 0.15) is 0 Å². The highest BCUT2D eigenvalue weighted by Crippen LogP contribution is 2.45. The van der Waals surface area contributed by atoms with Gasteiger partial charge in [0.15, 0.2) is 5.82 Å². The molecule has 9 heteroatoms. The van der Waals surface area contributed by atoms with Gasteiger partial charge in [0, 0.05) is 25.8 Å². The Labute approximate surface area is 157 Å². The number of ether oxygens (including phenoxy) is 1. The van der Waals surface area contributed by atoms with Crippen LogP contribution in [-0.2, 0) is 9.53 Å². The zero-order valence-electron chi connectivity index (χ0n) is 15.4. The number of nitrogens with one attached hydrogen (secondary N) is 1. The number of amides is 1. The second kappa shape index (κ2) is 6.70. The molecule has 144 valence electrons. The van der Waals surface area contributed by atoms with E-state index in [1.807, 2.05) is 0 Å². The second-order valence-electron chi connectivity index (χ2n) is 8.21. The summed E-state index contributed by atoms with van der Waals surface area (Å²) in [6.45, 7) is 2.98. The lowest BCUT2D eigenvalue weighted by Crippen LogP contribution is -2.36. The lowest BCUT2D eigenvalue weighted by molar-refractivity contribution is -0.134. The molecule has 0 bridgehead atoms. The zero-order chi connectivity index (χ0) is 18.3. The molecule has 3 aliphatic rings. The Morgan fingerprint density at radius 2 is 2.22 bits per heavy atom. The van der Waals surface area contributed by atoms with E-state index in [0.29, 0.717) is 30.0 Å². The van der Waals surface area contributed by atoms with Gasteiger partial charge in [-0.1, -0.05) is 12.8 Å². The molecule has 1 amide bonds. The van der Waals surface area contributed by atoms with Crippen LogP contribution in [0.2, 0.25) is 0 Å². The molecule has 1 spiro atoms. The van der Waals surface area contributed by atoms with E-state index in [9.17, 15) is 4.79 Å². The van der Waals surface area contributed by atoms with Gasteiger partial charge in [0.2, 0.25) is 11.6 Å². The third kappa shape index (κ3) is 3.13. The number of rotatable bonds is 4. The fourth-order valence-electron chi connectivity index (χ4n) is 4.95. The van der Waals surface area contributed by atoms with E-state index in [-0.39, 0.29) is 17.9 Å². The molecule has 0 radical (unpaired) electrons. The molecule has 1 saturated carbocycles. The predicted octanol–water partition coefficient (Wildman–Crippen LogP) is 1.13. The van der Waals surface area contributed by atoms with Crippen LogP contribution in [0.3, 0.4) is 0 Å². The minimum Gasteiger partial charge on any atom is -0.376 e. The molecule has 2 aliphatic heterocycles. The average molecular weight is 371 g/mol. The molecule has 3 fully saturated rings. The van der Waals surface area contributed by atoms with E-state index in [2.05, 4.69) is 30.7 Å². The van der Waals surface area contributed by atoms with Gasteiger partial charge in [-0.2, -0.15) is 4.52 Å². The summed E-state index contributed by atoms with van der Waals surface area (Å²) in [5.74, 6) is 0.888. The Kier molecular flexibility index (Phi) is 4.18. The Bertz CT molecular complexity index is 832. The van der Waals surface area contributed by atoms with E-state index in [1.54, 1.807) is 16.9 Å². The van der Waals surface area contributed by atoms with Crippen molar-refractivity contribution in [1.82, 2.24) is 29.9 Å². The van der Waals surface area contributed by atoms with Crippen LogP contribution in [0.4, 0.5) is 5.82 Å². The molecule has 4 heterocycles. The normalized spacial score (nSPS) is 27.0. The number of anilines is 1. The van der Waals surface area contributed by atoms with Crippen molar-refractivity contribution in [3.63, 3.8) is 0 Å². The first kappa shape index (κ1) is 16.9. The molecule has 2 saturated heterocycles. The predicted molar refractivity (Wildman–Crippen MR) is 97.0 cm³/mol. The molecule has 27 heavy (non-hydrogen) atoms. The minimum absolute atomic E-state index is 0.0000643. The van der Waals surface area contributed by atoms with Crippen LogP contribution in [0, 0.1) is 11.3 Å². The van der Waals surface area contributed by atoms with Gasteiger partial charge in [-0.05, 0) is 41.5 Å². The van der Waals surface area contributed by atoms with Crippen LogP contribution in [0.1, 0.15) is 38.5 Å². The van der Waals surface area contributed by atoms with Gasteiger partial charge in [-0.15, -0.1) is 5.10 Å². The van der Waals surface area contributed by atoms with Crippen LogP contribution in [0.15, 0.2) is 12.4 Å². The maximum atomic E-state index is 12.9. The standard InChI is InChI=1S/C18H25N7O2/c26-17(24-7-5-18(12-24)3-1-2-4-18)13-9-14(27-11-13)10-20-15-16-21-22-23-25(16)8-6-19-15/h6,8,13-14H,1-5,7,9-12H2,(H,19,20)/t13-,14-/m0/s1. The number of aromatic nitrogens is 5. The van der Waals surface area contributed by atoms with Crippen LogP contribution in [0.25, 0.3) is 5.65 Å². The highest BCUT2D eigenvalue weighted by atomic mass is 16.5. The van der Waals surface area contributed by atoms with E-state index in [0.717, 1.165) is 19.5 Å². The van der Waals surface area contributed by atoms with E-state index >= 15 is 0 Å². The summed E-state index contributed by atoms with van der Waals surface area (Å²) in [4.78, 5) is 19.3. The van der Waals surface area contributed by atoms with Gasteiger partial charge < -0.3 is 15.0 Å². The van der Waals surface area contributed by atoms with Crippen molar-refractivity contribution in [1.29, 1.82) is 0 Å². The van der Waals surface area contributed by atoms with E-state index < -0.39 is 0 Å². The number of fused-ring (bicyclic) bond motifs is 1. The summed E-state index contributed by atoms with van der Waals surface area (Å²) < 4.78 is 7.46. The Morgan fingerprint density at radius 3 is 3.11 bits per heavy atom.